The van der Waals surface area contributed by atoms with Gasteiger partial charge in [0.1, 0.15) is 0 Å². The first kappa shape index (κ1) is 8.69. The van der Waals surface area contributed by atoms with Crippen molar-refractivity contribution < 1.29 is 0 Å². The van der Waals surface area contributed by atoms with Gasteiger partial charge in [-0.2, -0.15) is 5.10 Å². The molecule has 2 rings (SSSR count). The molecule has 0 aromatic carbocycles. The summed E-state index contributed by atoms with van der Waals surface area (Å²) in [5.74, 6) is 0.842. The van der Waals surface area contributed by atoms with E-state index in [4.69, 9.17) is 0 Å². The van der Waals surface area contributed by atoms with Crippen LogP contribution < -0.4 is 0 Å². The molecule has 2 heterocycles. The van der Waals surface area contributed by atoms with Crippen LogP contribution in [0.2, 0.25) is 0 Å². The first-order valence-corrected chi connectivity index (χ1v) is 4.47. The predicted molar refractivity (Wildman–Crippen MR) is 55.3 cm³/mol. The van der Waals surface area contributed by atoms with E-state index in [1.807, 2.05) is 35.0 Å². The maximum atomic E-state index is 4.23. The molecule has 0 saturated heterocycles. The summed E-state index contributed by atoms with van der Waals surface area (Å²) in [7, 11) is 0. The van der Waals surface area contributed by atoms with Crippen LogP contribution in [0.5, 0.6) is 0 Å². The molecular weight excluding hydrogens is 174 g/mol. The van der Waals surface area contributed by atoms with Crippen LogP contribution in [0.3, 0.4) is 0 Å². The molecule has 0 saturated carbocycles. The third-order valence-corrected chi connectivity index (χ3v) is 1.94. The van der Waals surface area contributed by atoms with E-state index in [0.29, 0.717) is 0 Å². The summed E-state index contributed by atoms with van der Waals surface area (Å²) in [4.78, 5) is 4.23. The average Bonchev–Trinajstić information content (AvgIpc) is 2.68. The third kappa shape index (κ3) is 1.57. The van der Waals surface area contributed by atoms with E-state index < -0.39 is 0 Å². The van der Waals surface area contributed by atoms with Crippen LogP contribution >= 0.6 is 0 Å². The van der Waals surface area contributed by atoms with Crippen molar-refractivity contribution in [1.82, 2.24) is 14.8 Å². The van der Waals surface area contributed by atoms with Gasteiger partial charge in [0.15, 0.2) is 5.82 Å². The molecule has 0 unspecified atom stereocenters. The van der Waals surface area contributed by atoms with Crippen molar-refractivity contribution in [2.75, 3.05) is 0 Å². The SMILES string of the molecule is C=CCc1ccnn1-c1ccccn1. The highest BCUT2D eigenvalue weighted by atomic mass is 15.3. The zero-order valence-corrected chi connectivity index (χ0v) is 7.80. The van der Waals surface area contributed by atoms with Crippen LogP contribution in [0.15, 0.2) is 49.3 Å². The minimum absolute atomic E-state index is 0.802. The Kier molecular flexibility index (Phi) is 2.40. The summed E-state index contributed by atoms with van der Waals surface area (Å²) < 4.78 is 1.82. The molecule has 0 aliphatic carbocycles. The van der Waals surface area contributed by atoms with Gasteiger partial charge in [0.05, 0.1) is 0 Å². The Labute approximate surface area is 82.7 Å². The Hall–Kier alpha value is -1.90. The minimum Gasteiger partial charge on any atom is -0.237 e. The molecular formula is C11H11N3. The first-order chi connectivity index (χ1) is 6.92. The fourth-order valence-electron chi connectivity index (χ4n) is 1.32. The van der Waals surface area contributed by atoms with Crippen LogP contribution in [0.25, 0.3) is 5.82 Å². The maximum absolute atomic E-state index is 4.23. The highest BCUT2D eigenvalue weighted by Gasteiger charge is 2.02. The Balaban J connectivity index is 2.41. The van der Waals surface area contributed by atoms with Crippen molar-refractivity contribution in [2.24, 2.45) is 0 Å². The third-order valence-electron chi connectivity index (χ3n) is 1.94. The van der Waals surface area contributed by atoms with Gasteiger partial charge in [-0.25, -0.2) is 9.67 Å². The molecule has 0 amide bonds. The average molecular weight is 185 g/mol. The molecule has 0 radical (unpaired) electrons. The quantitative estimate of drug-likeness (QED) is 0.685. The number of nitrogens with zero attached hydrogens (tertiary/aromatic N) is 3. The summed E-state index contributed by atoms with van der Waals surface area (Å²) in [5, 5.41) is 4.21. The van der Waals surface area contributed by atoms with Crippen molar-refractivity contribution in [1.29, 1.82) is 0 Å². The zero-order valence-electron chi connectivity index (χ0n) is 7.80. The van der Waals surface area contributed by atoms with E-state index in [1.165, 1.54) is 0 Å². The largest absolute Gasteiger partial charge is 0.237 e. The number of hydrogen-bond acceptors (Lipinski definition) is 2. The molecule has 0 bridgehead atoms. The Morgan fingerprint density at radius 3 is 2.93 bits per heavy atom. The molecule has 2 aromatic heterocycles. The van der Waals surface area contributed by atoms with Gasteiger partial charge in [-0.1, -0.05) is 12.1 Å². The second-order valence-corrected chi connectivity index (χ2v) is 2.92. The summed E-state index contributed by atoms with van der Waals surface area (Å²) in [6.45, 7) is 3.71. The Morgan fingerprint density at radius 2 is 2.21 bits per heavy atom. The molecule has 2 aromatic rings. The van der Waals surface area contributed by atoms with E-state index in [1.54, 1.807) is 12.4 Å². The second kappa shape index (κ2) is 3.87. The molecule has 14 heavy (non-hydrogen) atoms. The van der Waals surface area contributed by atoms with Gasteiger partial charge in [-0.3, -0.25) is 0 Å². The molecule has 0 spiro atoms. The topological polar surface area (TPSA) is 30.7 Å². The van der Waals surface area contributed by atoms with Crippen LogP contribution in [-0.2, 0) is 6.42 Å². The number of hydrogen-bond donors (Lipinski definition) is 0. The van der Waals surface area contributed by atoms with Crippen molar-refractivity contribution in [3.63, 3.8) is 0 Å². The van der Waals surface area contributed by atoms with Gasteiger partial charge in [-0.15, -0.1) is 6.58 Å². The lowest BCUT2D eigenvalue weighted by molar-refractivity contribution is 0.802. The van der Waals surface area contributed by atoms with Crippen molar-refractivity contribution >= 4 is 0 Å². The minimum atomic E-state index is 0.802. The lowest BCUT2D eigenvalue weighted by Gasteiger charge is -2.03. The number of pyridine rings is 1. The molecule has 0 atom stereocenters. The first-order valence-electron chi connectivity index (χ1n) is 4.47. The lowest BCUT2D eigenvalue weighted by Crippen LogP contribution is -2.02. The van der Waals surface area contributed by atoms with Gasteiger partial charge in [0.2, 0.25) is 0 Å². The number of rotatable bonds is 3. The number of aromatic nitrogens is 3. The fourth-order valence-corrected chi connectivity index (χ4v) is 1.32. The molecule has 0 aliphatic rings. The van der Waals surface area contributed by atoms with Gasteiger partial charge >= 0.3 is 0 Å². The van der Waals surface area contributed by atoms with Gasteiger partial charge < -0.3 is 0 Å². The summed E-state index contributed by atoms with van der Waals surface area (Å²) in [6, 6.07) is 7.73. The molecule has 70 valence electrons. The molecule has 0 N–H and O–H groups in total. The maximum Gasteiger partial charge on any atom is 0.153 e. The van der Waals surface area contributed by atoms with Gasteiger partial charge in [-0.05, 0) is 18.2 Å². The van der Waals surface area contributed by atoms with Crippen LogP contribution in [-0.4, -0.2) is 14.8 Å². The van der Waals surface area contributed by atoms with Crippen LogP contribution in [0, 0.1) is 0 Å². The molecule has 3 heteroatoms. The van der Waals surface area contributed by atoms with Crippen LogP contribution in [0.1, 0.15) is 5.69 Å². The predicted octanol–water partition coefficient (Wildman–Crippen LogP) is 2.00. The van der Waals surface area contributed by atoms with E-state index in [-0.39, 0.29) is 0 Å². The standard InChI is InChI=1S/C11H11N3/c1-2-5-10-7-9-13-14(10)11-6-3-4-8-12-11/h2-4,6-9H,1,5H2. The van der Waals surface area contributed by atoms with Crippen molar-refractivity contribution in [3.05, 3.63) is 55.0 Å². The van der Waals surface area contributed by atoms with Gasteiger partial charge in [0, 0.05) is 24.5 Å². The second-order valence-electron chi connectivity index (χ2n) is 2.92. The van der Waals surface area contributed by atoms with E-state index >= 15 is 0 Å². The van der Waals surface area contributed by atoms with E-state index in [9.17, 15) is 0 Å². The zero-order chi connectivity index (χ0) is 9.80. The Morgan fingerprint density at radius 1 is 1.29 bits per heavy atom. The molecule has 0 aliphatic heterocycles. The summed E-state index contributed by atoms with van der Waals surface area (Å²) in [5.41, 5.74) is 1.10. The monoisotopic (exact) mass is 185 g/mol. The highest BCUT2D eigenvalue weighted by molar-refractivity contribution is 5.24. The smallest absolute Gasteiger partial charge is 0.153 e. The lowest BCUT2D eigenvalue weighted by atomic mass is 10.3. The van der Waals surface area contributed by atoms with E-state index in [2.05, 4.69) is 16.7 Å². The fraction of sp³-hybridized carbons (Fsp3) is 0.0909. The van der Waals surface area contributed by atoms with Crippen molar-refractivity contribution in [3.8, 4) is 5.82 Å². The van der Waals surface area contributed by atoms with E-state index in [0.717, 1.165) is 17.9 Å². The highest BCUT2D eigenvalue weighted by Crippen LogP contribution is 2.07. The molecule has 0 fully saturated rings. The Bertz CT molecular complexity index is 417. The summed E-state index contributed by atoms with van der Waals surface area (Å²) in [6.07, 6.45) is 6.19. The number of allylic oxidation sites excluding steroid dienone is 1. The van der Waals surface area contributed by atoms with Crippen LogP contribution in [0.4, 0.5) is 0 Å². The van der Waals surface area contributed by atoms with Crippen molar-refractivity contribution in [2.45, 2.75) is 6.42 Å². The molecule has 3 nitrogen and oxygen atoms in total. The normalized spacial score (nSPS) is 10.0. The summed E-state index contributed by atoms with van der Waals surface area (Å²) >= 11 is 0. The van der Waals surface area contributed by atoms with Gasteiger partial charge in [0.25, 0.3) is 0 Å².